The highest BCUT2D eigenvalue weighted by molar-refractivity contribution is 5.73. The average molecular weight is 174 g/mol. The maximum atomic E-state index is 10.4. The van der Waals surface area contributed by atoms with Crippen LogP contribution in [0.1, 0.15) is 33.1 Å². The molecule has 0 radical (unpaired) electrons. The Bertz CT molecular complexity index is 139. The summed E-state index contributed by atoms with van der Waals surface area (Å²) in [7, 11) is 0. The van der Waals surface area contributed by atoms with Crippen LogP contribution in [0.3, 0.4) is 0 Å². The summed E-state index contributed by atoms with van der Waals surface area (Å²) < 4.78 is 0. The van der Waals surface area contributed by atoms with E-state index >= 15 is 0 Å². The maximum absolute atomic E-state index is 10.4. The molecule has 0 aliphatic rings. The van der Waals surface area contributed by atoms with Gasteiger partial charge in [0.15, 0.2) is 0 Å². The Labute approximate surface area is 73.1 Å². The summed E-state index contributed by atoms with van der Waals surface area (Å²) in [6, 6.07) is 0.132. The Kier molecular flexibility index (Phi) is 5.66. The number of nitrogens with one attached hydrogen (secondary N) is 1. The van der Waals surface area contributed by atoms with Crippen molar-refractivity contribution in [3.63, 3.8) is 0 Å². The van der Waals surface area contributed by atoms with Gasteiger partial charge in [0.05, 0.1) is 0 Å². The highest BCUT2D eigenvalue weighted by Crippen LogP contribution is 1.97. The Balaban J connectivity index is 3.45. The minimum Gasteiger partial charge on any atom is -0.379 e. The molecule has 4 N–H and O–H groups in total. The molecular formula is C8H18N2O2. The van der Waals surface area contributed by atoms with E-state index in [0.29, 0.717) is 19.3 Å². The topological polar surface area (TPSA) is 75.3 Å². The summed E-state index contributed by atoms with van der Waals surface area (Å²) in [5.74, 6) is -0.297. The summed E-state index contributed by atoms with van der Waals surface area (Å²) in [4.78, 5) is 10.4. The van der Waals surface area contributed by atoms with Crippen LogP contribution in [0.2, 0.25) is 0 Å². The number of hydrogen-bond acceptors (Lipinski definition) is 3. The standard InChI is InChI=1S/C8H18N2O2/c1-3-8(12)10-6(2)4-5-7(9)11/h6,8,10,12H,3-5H2,1-2H3,(H2,9,11). The smallest absolute Gasteiger partial charge is 0.217 e. The zero-order chi connectivity index (χ0) is 9.56. The quantitative estimate of drug-likeness (QED) is 0.494. The van der Waals surface area contributed by atoms with Crippen molar-refractivity contribution in [2.75, 3.05) is 0 Å². The third kappa shape index (κ3) is 6.12. The molecule has 0 aromatic carbocycles. The van der Waals surface area contributed by atoms with E-state index in [-0.39, 0.29) is 11.9 Å². The van der Waals surface area contributed by atoms with Crippen LogP contribution in [0.4, 0.5) is 0 Å². The number of hydrogen-bond donors (Lipinski definition) is 3. The summed E-state index contributed by atoms with van der Waals surface area (Å²) in [5, 5.41) is 12.1. The van der Waals surface area contributed by atoms with E-state index in [0.717, 1.165) is 0 Å². The van der Waals surface area contributed by atoms with Crippen LogP contribution >= 0.6 is 0 Å². The number of carbonyl (C=O) groups is 1. The molecular weight excluding hydrogens is 156 g/mol. The molecule has 2 unspecified atom stereocenters. The fourth-order valence-corrected chi connectivity index (χ4v) is 0.888. The zero-order valence-electron chi connectivity index (χ0n) is 7.71. The molecule has 2 atom stereocenters. The fraction of sp³-hybridized carbons (Fsp3) is 0.875. The molecule has 4 heteroatoms. The van der Waals surface area contributed by atoms with Crippen molar-refractivity contribution in [2.45, 2.75) is 45.4 Å². The largest absolute Gasteiger partial charge is 0.379 e. The van der Waals surface area contributed by atoms with Gasteiger partial charge in [-0.05, 0) is 19.8 Å². The number of amides is 1. The van der Waals surface area contributed by atoms with E-state index in [2.05, 4.69) is 5.32 Å². The Morgan fingerprint density at radius 2 is 2.25 bits per heavy atom. The van der Waals surface area contributed by atoms with E-state index in [1.807, 2.05) is 13.8 Å². The number of aliphatic hydroxyl groups excluding tert-OH is 1. The molecule has 1 amide bonds. The third-order valence-corrected chi connectivity index (χ3v) is 1.69. The van der Waals surface area contributed by atoms with Gasteiger partial charge in [-0.25, -0.2) is 0 Å². The predicted octanol–water partition coefficient (Wildman–Crippen LogP) is -0.0416. The first-order valence-electron chi connectivity index (χ1n) is 4.28. The first-order valence-corrected chi connectivity index (χ1v) is 4.28. The normalized spacial score (nSPS) is 15.6. The molecule has 12 heavy (non-hydrogen) atoms. The molecule has 0 spiro atoms. The van der Waals surface area contributed by atoms with Gasteiger partial charge in [-0.3, -0.25) is 10.1 Å². The lowest BCUT2D eigenvalue weighted by atomic mass is 10.1. The number of nitrogens with two attached hydrogens (primary N) is 1. The molecule has 0 bridgehead atoms. The minimum atomic E-state index is -0.479. The molecule has 0 heterocycles. The third-order valence-electron chi connectivity index (χ3n) is 1.69. The van der Waals surface area contributed by atoms with Crippen LogP contribution in [0, 0.1) is 0 Å². The highest BCUT2D eigenvalue weighted by atomic mass is 16.3. The number of primary amides is 1. The van der Waals surface area contributed by atoms with Gasteiger partial charge in [-0.2, -0.15) is 0 Å². The van der Waals surface area contributed by atoms with Crippen LogP contribution in [0.5, 0.6) is 0 Å². The molecule has 4 nitrogen and oxygen atoms in total. The molecule has 72 valence electrons. The second-order valence-corrected chi connectivity index (χ2v) is 3.00. The lowest BCUT2D eigenvalue weighted by Crippen LogP contribution is -2.36. The minimum absolute atomic E-state index is 0.132. The molecule has 0 aliphatic carbocycles. The van der Waals surface area contributed by atoms with Gasteiger partial charge in [-0.15, -0.1) is 0 Å². The van der Waals surface area contributed by atoms with Gasteiger partial charge in [-0.1, -0.05) is 6.92 Å². The van der Waals surface area contributed by atoms with Gasteiger partial charge in [0.2, 0.25) is 5.91 Å². The summed E-state index contributed by atoms with van der Waals surface area (Å²) in [6.07, 6.45) is 1.23. The molecule has 0 aromatic rings. The summed E-state index contributed by atoms with van der Waals surface area (Å²) in [5.41, 5.74) is 4.97. The van der Waals surface area contributed by atoms with Crippen molar-refractivity contribution in [1.82, 2.24) is 5.32 Å². The van der Waals surface area contributed by atoms with Crippen LogP contribution < -0.4 is 11.1 Å². The lowest BCUT2D eigenvalue weighted by molar-refractivity contribution is -0.118. The molecule has 0 aromatic heterocycles. The first-order chi connectivity index (χ1) is 5.56. The van der Waals surface area contributed by atoms with Gasteiger partial charge >= 0.3 is 0 Å². The zero-order valence-corrected chi connectivity index (χ0v) is 7.71. The van der Waals surface area contributed by atoms with Gasteiger partial charge in [0.1, 0.15) is 6.23 Å². The van der Waals surface area contributed by atoms with E-state index in [4.69, 9.17) is 10.8 Å². The van der Waals surface area contributed by atoms with Crippen molar-refractivity contribution < 1.29 is 9.90 Å². The van der Waals surface area contributed by atoms with Crippen molar-refractivity contribution >= 4 is 5.91 Å². The second-order valence-electron chi connectivity index (χ2n) is 3.00. The van der Waals surface area contributed by atoms with Crippen LogP contribution in [-0.4, -0.2) is 23.3 Å². The van der Waals surface area contributed by atoms with Crippen LogP contribution in [0.15, 0.2) is 0 Å². The summed E-state index contributed by atoms with van der Waals surface area (Å²) in [6.45, 7) is 3.81. The predicted molar refractivity (Wildman–Crippen MR) is 47.3 cm³/mol. The monoisotopic (exact) mass is 174 g/mol. The fourth-order valence-electron chi connectivity index (χ4n) is 0.888. The number of aliphatic hydroxyl groups is 1. The molecule has 0 saturated heterocycles. The molecule has 0 aliphatic heterocycles. The van der Waals surface area contributed by atoms with E-state index in [1.165, 1.54) is 0 Å². The molecule has 0 fully saturated rings. The Morgan fingerprint density at radius 3 is 2.67 bits per heavy atom. The Hall–Kier alpha value is -0.610. The van der Waals surface area contributed by atoms with Gasteiger partial charge in [0.25, 0.3) is 0 Å². The Morgan fingerprint density at radius 1 is 1.67 bits per heavy atom. The van der Waals surface area contributed by atoms with Crippen molar-refractivity contribution in [3.8, 4) is 0 Å². The van der Waals surface area contributed by atoms with Crippen molar-refractivity contribution in [2.24, 2.45) is 5.73 Å². The number of rotatable bonds is 6. The van der Waals surface area contributed by atoms with Crippen LogP contribution in [-0.2, 0) is 4.79 Å². The SMILES string of the molecule is CCC(O)NC(C)CCC(N)=O. The van der Waals surface area contributed by atoms with Crippen molar-refractivity contribution in [1.29, 1.82) is 0 Å². The molecule has 0 saturated carbocycles. The first kappa shape index (κ1) is 11.4. The van der Waals surface area contributed by atoms with Gasteiger partial charge < -0.3 is 10.8 Å². The molecule has 0 rings (SSSR count). The summed E-state index contributed by atoms with van der Waals surface area (Å²) >= 11 is 0. The van der Waals surface area contributed by atoms with Crippen molar-refractivity contribution in [3.05, 3.63) is 0 Å². The van der Waals surface area contributed by atoms with Crippen LogP contribution in [0.25, 0.3) is 0 Å². The van der Waals surface area contributed by atoms with Gasteiger partial charge in [0, 0.05) is 12.5 Å². The van der Waals surface area contributed by atoms with E-state index in [1.54, 1.807) is 0 Å². The average Bonchev–Trinajstić information content (AvgIpc) is 2.00. The number of carbonyl (C=O) groups excluding carboxylic acids is 1. The maximum Gasteiger partial charge on any atom is 0.217 e. The lowest BCUT2D eigenvalue weighted by Gasteiger charge is -2.16. The van der Waals surface area contributed by atoms with E-state index in [9.17, 15) is 4.79 Å². The van der Waals surface area contributed by atoms with E-state index < -0.39 is 6.23 Å². The second kappa shape index (κ2) is 5.97. The highest BCUT2D eigenvalue weighted by Gasteiger charge is 2.07.